The highest BCUT2D eigenvalue weighted by Crippen LogP contribution is 2.56. The van der Waals surface area contributed by atoms with Crippen molar-refractivity contribution in [1.82, 2.24) is 9.80 Å². The second kappa shape index (κ2) is 16.0. The van der Waals surface area contributed by atoms with Gasteiger partial charge >= 0.3 is 24.1 Å². The fourth-order valence-electron chi connectivity index (χ4n) is 11.6. The van der Waals surface area contributed by atoms with Gasteiger partial charge in [0, 0.05) is 42.4 Å². The van der Waals surface area contributed by atoms with Crippen LogP contribution in [0.5, 0.6) is 0 Å². The fourth-order valence-corrected chi connectivity index (χ4v) is 11.6. The fraction of sp³-hybridized carbons (Fsp3) is 0.478. The number of rotatable bonds is 13. The summed E-state index contributed by atoms with van der Waals surface area (Å²) in [5.41, 5.74) is 20.2. The second-order valence-electron chi connectivity index (χ2n) is 18.6. The predicted octanol–water partition coefficient (Wildman–Crippen LogP) is 4.27. The van der Waals surface area contributed by atoms with E-state index in [1.807, 2.05) is 61.5 Å². The Morgan fingerprint density at radius 3 is 1.32 bits per heavy atom. The van der Waals surface area contributed by atoms with Crippen LogP contribution in [0.4, 0.5) is 24.1 Å². The Bertz CT molecular complexity index is 2220. The van der Waals surface area contributed by atoms with Gasteiger partial charge in [-0.3, -0.25) is 19.4 Å². The van der Waals surface area contributed by atoms with Crippen LogP contribution in [0.3, 0.4) is 0 Å². The van der Waals surface area contributed by atoms with E-state index in [-0.39, 0.29) is 0 Å². The van der Waals surface area contributed by atoms with Crippen LogP contribution < -0.4 is 27.8 Å². The SMILES string of the molecule is Cc1cccc(N(C2C[C@H](F)CN2[C@@](C(N)=O)(C(=O)OC(N)=O)C(C)(C)C2Cc3ccc2cc3)C2C[C@H](F)CN2[C@@](C(N)=O)(C(=O)OC(N)=O)C(C)(C)C2Cc3ccc2cc3)c1C. The molecule has 336 valence electrons. The van der Waals surface area contributed by atoms with E-state index < -0.39 is 120 Å². The molecule has 2 heterocycles. The highest BCUT2D eigenvalue weighted by Gasteiger charge is 2.71. The highest BCUT2D eigenvalue weighted by molar-refractivity contribution is 6.11. The summed E-state index contributed by atoms with van der Waals surface area (Å²) in [4.78, 5) is 88.0. The minimum absolute atomic E-state index is 0.342. The molecule has 63 heavy (non-hydrogen) atoms. The number of fused-ring (bicyclic) bond motifs is 6. The number of carbonyl (C=O) groups excluding carboxylic acids is 6. The number of likely N-dealkylation sites (tertiary alicyclic amines) is 2. The zero-order valence-corrected chi connectivity index (χ0v) is 36.2. The number of hydrogen-bond donors (Lipinski definition) is 4. The lowest BCUT2D eigenvalue weighted by Gasteiger charge is -2.57. The van der Waals surface area contributed by atoms with Crippen molar-refractivity contribution in [2.24, 2.45) is 33.8 Å². The molecule has 2 saturated heterocycles. The lowest BCUT2D eigenvalue weighted by molar-refractivity contribution is -0.172. The molecule has 4 aliphatic carbocycles. The van der Waals surface area contributed by atoms with Crippen molar-refractivity contribution in [1.29, 1.82) is 0 Å². The first-order valence-electron chi connectivity index (χ1n) is 21.0. The van der Waals surface area contributed by atoms with E-state index in [2.05, 4.69) is 0 Å². The average molecular weight is 872 g/mol. The van der Waals surface area contributed by atoms with Gasteiger partial charge in [0.25, 0.3) is 0 Å². The normalized spacial score (nSPS) is 25.2. The first-order chi connectivity index (χ1) is 29.5. The van der Waals surface area contributed by atoms with Gasteiger partial charge in [-0.05, 0) is 78.0 Å². The maximum Gasteiger partial charge on any atom is 0.412 e. The summed E-state index contributed by atoms with van der Waals surface area (Å²) in [6.45, 7) is 8.81. The first-order valence-corrected chi connectivity index (χ1v) is 21.0. The molecule has 0 spiro atoms. The molecular weight excluding hydrogens is 817 g/mol. The van der Waals surface area contributed by atoms with Gasteiger partial charge in [-0.2, -0.15) is 0 Å². The van der Waals surface area contributed by atoms with Crippen molar-refractivity contribution in [3.8, 4) is 0 Å². The molecule has 3 aromatic rings. The first kappa shape index (κ1) is 45.1. The summed E-state index contributed by atoms with van der Waals surface area (Å²) in [7, 11) is 0. The Hall–Kier alpha value is -5.94. The molecule has 0 radical (unpaired) electrons. The number of alkyl halides is 2. The second-order valence-corrected chi connectivity index (χ2v) is 18.6. The number of hydrogen-bond acceptors (Lipinski definition) is 11. The molecule has 0 saturated carbocycles. The van der Waals surface area contributed by atoms with Crippen molar-refractivity contribution in [3.63, 3.8) is 0 Å². The van der Waals surface area contributed by atoms with Gasteiger partial charge in [-0.25, -0.2) is 28.0 Å². The van der Waals surface area contributed by atoms with Gasteiger partial charge in [0.1, 0.15) is 12.3 Å². The molecule has 17 heteroatoms. The third-order valence-electron chi connectivity index (χ3n) is 14.7. The lowest BCUT2D eigenvalue weighted by Crippen LogP contribution is -2.77. The van der Waals surface area contributed by atoms with Crippen molar-refractivity contribution >= 4 is 41.6 Å². The Labute approximate surface area is 364 Å². The standard InChI is InChI=1S/C46H55F2N7O8/c1-24-8-7-9-34(25(24)2)55(35-20-30(47)22-53(35)45(37(49)56,39(58)62-41(51)60)43(3,4)32-18-26-10-14-28(32)15-11-26)36-21-31(48)23-54(36)46(38(50)57,40(59)63-42(52)61)44(5,6)33-19-27-12-16-29(33)17-13-27/h7-17,30-33,35-36H,18-23H2,1-6H3,(H2,49,56)(H2,50,57)(H2,51,60)(H2,52,61)/t30-,31-,32?,33?,35?,36?,45-,46-/m0/s1. The number of ether oxygens (including phenoxy) is 2. The number of halogens is 2. The number of nitrogens with zero attached hydrogens (tertiary/aromatic N) is 3. The molecule has 8 N–H and O–H groups in total. The van der Waals surface area contributed by atoms with E-state index in [1.54, 1.807) is 51.7 Å². The van der Waals surface area contributed by atoms with Crippen molar-refractivity contribution in [2.75, 3.05) is 18.0 Å². The average Bonchev–Trinajstić information content (AvgIpc) is 3.78. The van der Waals surface area contributed by atoms with Crippen LogP contribution >= 0.6 is 0 Å². The highest BCUT2D eigenvalue weighted by atomic mass is 19.1. The quantitative estimate of drug-likeness (QED) is 0.140. The summed E-state index contributed by atoms with van der Waals surface area (Å²) in [6, 6.07) is 20.1. The topological polar surface area (TPSA) is 235 Å². The minimum Gasteiger partial charge on any atom is -0.375 e. The molecule has 0 aromatic heterocycles. The van der Waals surface area contributed by atoms with Crippen molar-refractivity contribution in [2.45, 2.75) is 115 Å². The zero-order chi connectivity index (χ0) is 46.1. The van der Waals surface area contributed by atoms with Gasteiger partial charge in [0.2, 0.25) is 22.9 Å². The molecule has 8 atom stereocenters. The number of esters is 2. The Morgan fingerprint density at radius 1 is 0.619 bits per heavy atom. The van der Waals surface area contributed by atoms with Gasteiger partial charge in [0.15, 0.2) is 0 Å². The molecule has 2 fully saturated rings. The predicted molar refractivity (Wildman–Crippen MR) is 227 cm³/mol. The Morgan fingerprint density at radius 2 is 1.00 bits per heavy atom. The van der Waals surface area contributed by atoms with E-state index >= 15 is 8.78 Å². The third kappa shape index (κ3) is 6.90. The number of aryl methyl sites for hydroxylation is 1. The molecule has 9 rings (SSSR count). The lowest BCUT2D eigenvalue weighted by atomic mass is 9.58. The summed E-state index contributed by atoms with van der Waals surface area (Å²) in [6.07, 6.45) is -9.65. The zero-order valence-electron chi connectivity index (χ0n) is 36.2. The molecule has 2 aliphatic heterocycles. The Balaban J connectivity index is 1.50. The van der Waals surface area contributed by atoms with Gasteiger partial charge in [-0.1, -0.05) is 88.4 Å². The monoisotopic (exact) mass is 871 g/mol. The van der Waals surface area contributed by atoms with Crippen LogP contribution in [-0.2, 0) is 41.5 Å². The number of benzene rings is 3. The molecule has 15 nitrogen and oxygen atoms in total. The largest absolute Gasteiger partial charge is 0.412 e. The summed E-state index contributed by atoms with van der Waals surface area (Å²) in [5.74, 6) is -6.66. The number of amides is 4. The van der Waals surface area contributed by atoms with Crippen molar-refractivity contribution < 1.29 is 47.0 Å². The molecular formula is C46H55F2N7O8. The molecule has 4 unspecified atom stereocenters. The molecule has 6 aliphatic rings. The maximum absolute atomic E-state index is 16.8. The van der Waals surface area contributed by atoms with Crippen LogP contribution in [0.2, 0.25) is 0 Å². The smallest absolute Gasteiger partial charge is 0.375 e. The number of nitrogens with two attached hydrogens (primary N) is 4. The third-order valence-corrected chi connectivity index (χ3v) is 14.7. The van der Waals surface area contributed by atoms with Gasteiger partial charge < -0.3 is 37.3 Å². The number of carbonyl (C=O) groups is 6. The number of primary amides is 4. The summed E-state index contributed by atoms with van der Waals surface area (Å²) >= 11 is 0. The van der Waals surface area contributed by atoms with E-state index in [0.717, 1.165) is 27.8 Å². The number of anilines is 1. The van der Waals surface area contributed by atoms with E-state index in [1.165, 1.54) is 9.80 Å². The van der Waals surface area contributed by atoms with Gasteiger partial charge in [0.05, 0.1) is 12.3 Å². The molecule has 4 amide bonds. The minimum atomic E-state index is -2.65. The van der Waals surface area contributed by atoms with Crippen LogP contribution in [-0.4, -0.2) is 94.6 Å². The van der Waals surface area contributed by atoms with Crippen molar-refractivity contribution in [3.05, 3.63) is 100 Å². The van der Waals surface area contributed by atoms with Gasteiger partial charge in [-0.15, -0.1) is 0 Å². The van der Waals surface area contributed by atoms with E-state index in [0.29, 0.717) is 24.1 Å². The van der Waals surface area contributed by atoms with Crippen LogP contribution in [0.1, 0.15) is 85.8 Å². The maximum atomic E-state index is 16.8. The summed E-state index contributed by atoms with van der Waals surface area (Å²) < 4.78 is 43.8. The van der Waals surface area contributed by atoms with Crippen LogP contribution in [0.15, 0.2) is 66.7 Å². The Kier molecular flexibility index (Phi) is 11.5. The van der Waals surface area contributed by atoms with E-state index in [9.17, 15) is 28.8 Å². The van der Waals surface area contributed by atoms with Crippen LogP contribution in [0, 0.1) is 24.7 Å². The van der Waals surface area contributed by atoms with E-state index in [4.69, 9.17) is 32.4 Å². The van der Waals surface area contributed by atoms with Crippen LogP contribution in [0.25, 0.3) is 0 Å². The molecule has 4 bridgehead atoms. The molecule has 3 aromatic carbocycles. The summed E-state index contributed by atoms with van der Waals surface area (Å²) in [5, 5.41) is 0.